The van der Waals surface area contributed by atoms with Gasteiger partial charge in [-0.15, -0.1) is 11.3 Å². The standard InChI is InChI=1S/C9H13N2S/c1-11(2,3)6-4-5-9-7-10-8-12-9/h7-8H,6H2,1-3H3/q+1. The lowest BCUT2D eigenvalue weighted by Crippen LogP contribution is -2.34. The number of rotatable bonds is 1. The first-order valence-electron chi connectivity index (χ1n) is 3.76. The maximum atomic E-state index is 3.95. The highest BCUT2D eigenvalue weighted by Crippen LogP contribution is 2.01. The Labute approximate surface area is 77.5 Å². The molecular formula is C9H13N2S+. The van der Waals surface area contributed by atoms with E-state index in [2.05, 4.69) is 38.0 Å². The van der Waals surface area contributed by atoms with Gasteiger partial charge in [0.25, 0.3) is 0 Å². The monoisotopic (exact) mass is 181 g/mol. The lowest BCUT2D eigenvalue weighted by molar-refractivity contribution is -0.862. The Bertz CT molecular complexity index is 285. The van der Waals surface area contributed by atoms with Crippen LogP contribution in [0.5, 0.6) is 0 Å². The highest BCUT2D eigenvalue weighted by Gasteiger charge is 2.01. The number of aromatic nitrogens is 1. The van der Waals surface area contributed by atoms with Crippen LogP contribution in [0, 0.1) is 11.8 Å². The van der Waals surface area contributed by atoms with E-state index in [0.29, 0.717) is 0 Å². The first kappa shape index (κ1) is 9.24. The molecule has 0 saturated carbocycles. The van der Waals surface area contributed by atoms with E-state index in [4.69, 9.17) is 0 Å². The van der Waals surface area contributed by atoms with Gasteiger partial charge in [0, 0.05) is 0 Å². The highest BCUT2D eigenvalue weighted by atomic mass is 32.1. The van der Waals surface area contributed by atoms with Crippen LogP contribution in [0.2, 0.25) is 0 Å². The van der Waals surface area contributed by atoms with E-state index >= 15 is 0 Å². The van der Waals surface area contributed by atoms with Crippen molar-refractivity contribution in [2.75, 3.05) is 27.7 Å². The van der Waals surface area contributed by atoms with Gasteiger partial charge in [-0.25, -0.2) is 0 Å². The maximum absolute atomic E-state index is 3.95. The fourth-order valence-electron chi connectivity index (χ4n) is 0.641. The molecule has 0 fully saturated rings. The van der Waals surface area contributed by atoms with Crippen LogP contribution in [0.1, 0.15) is 4.88 Å². The van der Waals surface area contributed by atoms with Gasteiger partial charge in [0.1, 0.15) is 6.54 Å². The Hall–Kier alpha value is -0.850. The minimum Gasteiger partial charge on any atom is -0.321 e. The molecule has 2 nitrogen and oxygen atoms in total. The smallest absolute Gasteiger partial charge is 0.140 e. The first-order valence-corrected chi connectivity index (χ1v) is 4.64. The lowest BCUT2D eigenvalue weighted by atomic mass is 10.4. The van der Waals surface area contributed by atoms with E-state index in [0.717, 1.165) is 15.9 Å². The third-order valence-electron chi connectivity index (χ3n) is 1.20. The number of thiazole rings is 1. The van der Waals surface area contributed by atoms with Crippen LogP contribution in [0.3, 0.4) is 0 Å². The van der Waals surface area contributed by atoms with Gasteiger partial charge in [0.05, 0.1) is 37.7 Å². The molecule has 0 bridgehead atoms. The van der Waals surface area contributed by atoms with Gasteiger partial charge < -0.3 is 4.48 Å². The molecule has 0 saturated heterocycles. The molecule has 0 spiro atoms. The molecule has 0 aliphatic heterocycles. The zero-order valence-electron chi connectivity index (χ0n) is 7.66. The second-order valence-electron chi connectivity index (χ2n) is 3.62. The second kappa shape index (κ2) is 3.70. The minimum absolute atomic E-state index is 0.873. The van der Waals surface area contributed by atoms with Gasteiger partial charge in [-0.05, 0) is 11.8 Å². The topological polar surface area (TPSA) is 12.9 Å². The molecule has 0 aliphatic rings. The third kappa shape index (κ3) is 3.51. The van der Waals surface area contributed by atoms with Crippen molar-refractivity contribution in [3.63, 3.8) is 0 Å². The fourth-order valence-corrected chi connectivity index (χ4v) is 1.13. The molecule has 64 valence electrons. The molecule has 1 aromatic rings. The van der Waals surface area contributed by atoms with Crippen LogP contribution >= 0.6 is 11.3 Å². The summed E-state index contributed by atoms with van der Waals surface area (Å²) >= 11 is 1.58. The highest BCUT2D eigenvalue weighted by molar-refractivity contribution is 7.10. The Kier molecular flexibility index (Phi) is 2.85. The zero-order chi connectivity index (χ0) is 9.03. The quantitative estimate of drug-likeness (QED) is 0.468. The summed E-state index contributed by atoms with van der Waals surface area (Å²) in [5.41, 5.74) is 1.80. The number of quaternary nitrogens is 1. The van der Waals surface area contributed by atoms with E-state index in [1.165, 1.54) is 0 Å². The Morgan fingerprint density at radius 2 is 2.25 bits per heavy atom. The summed E-state index contributed by atoms with van der Waals surface area (Å²) in [5, 5.41) is 0. The van der Waals surface area contributed by atoms with Gasteiger partial charge in [-0.3, -0.25) is 4.98 Å². The molecule has 1 rings (SSSR count). The van der Waals surface area contributed by atoms with Gasteiger partial charge in [0.2, 0.25) is 0 Å². The normalized spacial score (nSPS) is 10.6. The van der Waals surface area contributed by atoms with Crippen LogP contribution in [0.4, 0.5) is 0 Å². The van der Waals surface area contributed by atoms with Crippen LogP contribution in [0.25, 0.3) is 0 Å². The van der Waals surface area contributed by atoms with Crippen molar-refractivity contribution < 1.29 is 4.48 Å². The van der Waals surface area contributed by atoms with E-state index in [-0.39, 0.29) is 0 Å². The average molecular weight is 181 g/mol. The fraction of sp³-hybridized carbons (Fsp3) is 0.444. The molecule has 0 aromatic carbocycles. The van der Waals surface area contributed by atoms with E-state index in [1.54, 1.807) is 23.0 Å². The Morgan fingerprint density at radius 3 is 2.75 bits per heavy atom. The van der Waals surface area contributed by atoms with Crippen LogP contribution in [0.15, 0.2) is 11.7 Å². The second-order valence-corrected chi connectivity index (χ2v) is 4.50. The predicted octanol–water partition coefficient (Wildman–Crippen LogP) is 1.20. The van der Waals surface area contributed by atoms with Crippen molar-refractivity contribution in [3.05, 3.63) is 16.6 Å². The van der Waals surface area contributed by atoms with Crippen LogP contribution in [-0.4, -0.2) is 37.2 Å². The molecule has 3 heteroatoms. The van der Waals surface area contributed by atoms with E-state index in [1.807, 2.05) is 0 Å². The Morgan fingerprint density at radius 1 is 1.50 bits per heavy atom. The number of nitrogens with zero attached hydrogens (tertiary/aromatic N) is 2. The molecule has 1 aromatic heterocycles. The van der Waals surface area contributed by atoms with Gasteiger partial charge >= 0.3 is 0 Å². The van der Waals surface area contributed by atoms with E-state index in [9.17, 15) is 0 Å². The summed E-state index contributed by atoms with van der Waals surface area (Å²) in [4.78, 5) is 4.99. The number of hydrogen-bond acceptors (Lipinski definition) is 2. The molecule has 12 heavy (non-hydrogen) atoms. The first-order chi connectivity index (χ1) is 5.58. The molecule has 0 aliphatic carbocycles. The zero-order valence-corrected chi connectivity index (χ0v) is 8.48. The number of hydrogen-bond donors (Lipinski definition) is 0. The molecule has 0 amide bonds. The van der Waals surface area contributed by atoms with Crippen molar-refractivity contribution in [2.45, 2.75) is 0 Å². The summed E-state index contributed by atoms with van der Waals surface area (Å²) in [6.45, 7) is 0.873. The maximum Gasteiger partial charge on any atom is 0.140 e. The summed E-state index contributed by atoms with van der Waals surface area (Å²) in [6.07, 6.45) is 1.80. The van der Waals surface area contributed by atoms with Crippen molar-refractivity contribution in [1.82, 2.24) is 4.98 Å². The molecule has 0 N–H and O–H groups in total. The van der Waals surface area contributed by atoms with Crippen LogP contribution in [-0.2, 0) is 0 Å². The molecule has 0 radical (unpaired) electrons. The molecule has 0 atom stereocenters. The summed E-state index contributed by atoms with van der Waals surface area (Å²) in [5.74, 6) is 6.19. The third-order valence-corrected chi connectivity index (χ3v) is 1.89. The van der Waals surface area contributed by atoms with Crippen molar-refractivity contribution in [1.29, 1.82) is 0 Å². The van der Waals surface area contributed by atoms with Crippen molar-refractivity contribution in [2.24, 2.45) is 0 Å². The molecular weight excluding hydrogens is 168 g/mol. The average Bonchev–Trinajstić information content (AvgIpc) is 2.36. The Balaban J connectivity index is 2.51. The summed E-state index contributed by atoms with van der Waals surface area (Å²) < 4.78 is 0.881. The molecule has 1 heterocycles. The van der Waals surface area contributed by atoms with Crippen LogP contribution < -0.4 is 0 Å². The summed E-state index contributed by atoms with van der Waals surface area (Å²) in [6, 6.07) is 0. The molecule has 0 unspecified atom stereocenters. The largest absolute Gasteiger partial charge is 0.321 e. The predicted molar refractivity (Wildman–Crippen MR) is 51.9 cm³/mol. The van der Waals surface area contributed by atoms with Crippen molar-refractivity contribution in [3.8, 4) is 11.8 Å². The summed E-state index contributed by atoms with van der Waals surface area (Å²) in [7, 11) is 6.38. The van der Waals surface area contributed by atoms with Gasteiger partial charge in [-0.2, -0.15) is 0 Å². The lowest BCUT2D eigenvalue weighted by Gasteiger charge is -2.19. The SMILES string of the molecule is C[N+](C)(C)CC#Cc1cncs1. The van der Waals surface area contributed by atoms with Gasteiger partial charge in [0.15, 0.2) is 0 Å². The van der Waals surface area contributed by atoms with Crippen molar-refractivity contribution >= 4 is 11.3 Å². The minimum atomic E-state index is 0.873. The van der Waals surface area contributed by atoms with Gasteiger partial charge in [-0.1, -0.05) is 0 Å². The van der Waals surface area contributed by atoms with E-state index < -0.39 is 0 Å².